The minimum absolute atomic E-state index is 0.190. The number of rotatable bonds is 2. The number of aromatic nitrogens is 2. The van der Waals surface area contributed by atoms with E-state index < -0.39 is 11.5 Å². The summed E-state index contributed by atoms with van der Waals surface area (Å²) in [6.45, 7) is 3.79. The summed E-state index contributed by atoms with van der Waals surface area (Å²) in [7, 11) is 0. The first-order valence-corrected chi connectivity index (χ1v) is 5.79. The van der Waals surface area contributed by atoms with Crippen molar-refractivity contribution in [1.82, 2.24) is 14.9 Å². The first-order chi connectivity index (χ1) is 8.45. The van der Waals surface area contributed by atoms with E-state index in [9.17, 15) is 14.7 Å². The minimum Gasteiger partial charge on any atom is -0.480 e. The van der Waals surface area contributed by atoms with Crippen molar-refractivity contribution >= 4 is 11.9 Å². The molecule has 1 N–H and O–H groups in total. The SMILES string of the molecule is Cc1cnc(C(=O)N2CCCC2(C)C(=O)O)cn1. The smallest absolute Gasteiger partial charge is 0.329 e. The molecule has 1 saturated heterocycles. The molecule has 96 valence electrons. The van der Waals surface area contributed by atoms with Gasteiger partial charge in [0.15, 0.2) is 0 Å². The number of carbonyl (C=O) groups excluding carboxylic acids is 1. The Balaban J connectivity index is 2.28. The Hall–Kier alpha value is -1.98. The van der Waals surface area contributed by atoms with E-state index in [-0.39, 0.29) is 11.6 Å². The molecule has 0 saturated carbocycles. The normalized spacial score (nSPS) is 23.1. The zero-order valence-electron chi connectivity index (χ0n) is 10.4. The quantitative estimate of drug-likeness (QED) is 0.840. The number of nitrogens with zero attached hydrogens (tertiary/aromatic N) is 3. The minimum atomic E-state index is -1.14. The highest BCUT2D eigenvalue weighted by molar-refractivity contribution is 5.96. The summed E-state index contributed by atoms with van der Waals surface area (Å²) in [6, 6.07) is 0. The van der Waals surface area contributed by atoms with E-state index in [2.05, 4.69) is 9.97 Å². The summed E-state index contributed by atoms with van der Waals surface area (Å²) in [5.41, 5.74) is -0.229. The number of hydrogen-bond donors (Lipinski definition) is 1. The van der Waals surface area contributed by atoms with Crippen molar-refractivity contribution < 1.29 is 14.7 Å². The van der Waals surface area contributed by atoms with Crippen molar-refractivity contribution in [3.63, 3.8) is 0 Å². The van der Waals surface area contributed by atoms with Gasteiger partial charge in [0.2, 0.25) is 0 Å². The molecule has 0 radical (unpaired) electrons. The van der Waals surface area contributed by atoms with Crippen LogP contribution in [0.3, 0.4) is 0 Å². The van der Waals surface area contributed by atoms with Crippen LogP contribution in [0.1, 0.15) is 35.9 Å². The number of carboxylic acid groups (broad SMARTS) is 1. The zero-order chi connectivity index (χ0) is 13.3. The highest BCUT2D eigenvalue weighted by Crippen LogP contribution is 2.30. The Morgan fingerprint density at radius 2 is 2.11 bits per heavy atom. The van der Waals surface area contributed by atoms with Gasteiger partial charge in [0, 0.05) is 12.7 Å². The fourth-order valence-corrected chi connectivity index (χ4v) is 2.15. The van der Waals surface area contributed by atoms with Crippen LogP contribution in [0.4, 0.5) is 0 Å². The molecule has 1 aromatic rings. The molecule has 0 spiro atoms. The van der Waals surface area contributed by atoms with Gasteiger partial charge in [0.25, 0.3) is 5.91 Å². The van der Waals surface area contributed by atoms with Crippen LogP contribution in [0.2, 0.25) is 0 Å². The molecule has 2 rings (SSSR count). The van der Waals surface area contributed by atoms with Gasteiger partial charge in [0.05, 0.1) is 11.9 Å². The van der Waals surface area contributed by atoms with Gasteiger partial charge in [-0.3, -0.25) is 9.78 Å². The summed E-state index contributed by atoms with van der Waals surface area (Å²) < 4.78 is 0. The van der Waals surface area contributed by atoms with Crippen molar-refractivity contribution in [2.45, 2.75) is 32.2 Å². The van der Waals surface area contributed by atoms with Gasteiger partial charge in [0.1, 0.15) is 11.2 Å². The maximum Gasteiger partial charge on any atom is 0.329 e. The third kappa shape index (κ3) is 1.94. The van der Waals surface area contributed by atoms with Crippen LogP contribution < -0.4 is 0 Å². The van der Waals surface area contributed by atoms with E-state index in [1.807, 2.05) is 0 Å². The maximum absolute atomic E-state index is 12.2. The lowest BCUT2D eigenvalue weighted by Gasteiger charge is -2.30. The molecular formula is C12H15N3O3. The topological polar surface area (TPSA) is 83.4 Å². The van der Waals surface area contributed by atoms with Gasteiger partial charge in [-0.15, -0.1) is 0 Å². The van der Waals surface area contributed by atoms with Crippen molar-refractivity contribution in [2.24, 2.45) is 0 Å². The first kappa shape index (κ1) is 12.5. The molecule has 0 aliphatic carbocycles. The number of carboxylic acids is 1. The second kappa shape index (κ2) is 4.36. The van der Waals surface area contributed by atoms with Crippen LogP contribution in [-0.4, -0.2) is 43.9 Å². The van der Waals surface area contributed by atoms with E-state index in [4.69, 9.17) is 0 Å². The maximum atomic E-state index is 12.2. The molecule has 1 aromatic heterocycles. The Kier molecular flexibility index (Phi) is 3.02. The molecule has 0 bridgehead atoms. The van der Waals surface area contributed by atoms with E-state index in [0.717, 1.165) is 0 Å². The van der Waals surface area contributed by atoms with Crippen molar-refractivity contribution in [2.75, 3.05) is 6.54 Å². The molecule has 1 amide bonds. The van der Waals surface area contributed by atoms with E-state index >= 15 is 0 Å². The largest absolute Gasteiger partial charge is 0.480 e. The standard InChI is InChI=1S/C12H15N3O3/c1-8-6-14-9(7-13-8)10(16)15-5-3-4-12(15,2)11(17)18/h6-7H,3-5H2,1-2H3,(H,17,18). The zero-order valence-corrected chi connectivity index (χ0v) is 10.4. The van der Waals surface area contributed by atoms with Crippen LogP contribution in [-0.2, 0) is 4.79 Å². The summed E-state index contributed by atoms with van der Waals surface area (Å²) in [5.74, 6) is -1.35. The van der Waals surface area contributed by atoms with Gasteiger partial charge >= 0.3 is 5.97 Å². The highest BCUT2D eigenvalue weighted by Gasteiger charge is 2.46. The molecule has 1 aliphatic heterocycles. The van der Waals surface area contributed by atoms with E-state index in [1.165, 1.54) is 17.3 Å². The number of amides is 1. The van der Waals surface area contributed by atoms with Gasteiger partial charge in [-0.1, -0.05) is 0 Å². The molecule has 1 fully saturated rings. The van der Waals surface area contributed by atoms with Gasteiger partial charge in [-0.25, -0.2) is 9.78 Å². The molecule has 6 heteroatoms. The predicted molar refractivity (Wildman–Crippen MR) is 63.1 cm³/mol. The lowest BCUT2D eigenvalue weighted by atomic mass is 9.99. The Morgan fingerprint density at radius 3 is 2.67 bits per heavy atom. The third-order valence-electron chi connectivity index (χ3n) is 3.35. The number of aryl methyl sites for hydroxylation is 1. The van der Waals surface area contributed by atoms with Crippen molar-refractivity contribution in [1.29, 1.82) is 0 Å². The molecular weight excluding hydrogens is 234 g/mol. The van der Waals surface area contributed by atoms with Crippen molar-refractivity contribution in [3.05, 3.63) is 23.8 Å². The van der Waals surface area contributed by atoms with Gasteiger partial charge in [-0.2, -0.15) is 0 Å². The average Bonchev–Trinajstić information content (AvgIpc) is 2.73. The molecule has 6 nitrogen and oxygen atoms in total. The lowest BCUT2D eigenvalue weighted by molar-refractivity contribution is -0.147. The lowest BCUT2D eigenvalue weighted by Crippen LogP contribution is -2.51. The molecule has 2 heterocycles. The summed E-state index contributed by atoms with van der Waals surface area (Å²) in [4.78, 5) is 32.9. The van der Waals surface area contributed by atoms with Gasteiger partial charge < -0.3 is 10.0 Å². The predicted octanol–water partition coefficient (Wildman–Crippen LogP) is 0.864. The Bertz CT molecular complexity index is 486. The Labute approximate surface area is 105 Å². The van der Waals surface area contributed by atoms with Crippen LogP contribution in [0.5, 0.6) is 0 Å². The highest BCUT2D eigenvalue weighted by atomic mass is 16.4. The number of aliphatic carboxylic acids is 1. The summed E-state index contributed by atoms with van der Waals surface area (Å²) in [5, 5.41) is 9.25. The van der Waals surface area contributed by atoms with Crippen LogP contribution in [0.25, 0.3) is 0 Å². The molecule has 0 aromatic carbocycles. The molecule has 1 unspecified atom stereocenters. The van der Waals surface area contributed by atoms with Gasteiger partial charge in [-0.05, 0) is 26.7 Å². The fraction of sp³-hybridized carbons (Fsp3) is 0.500. The van der Waals surface area contributed by atoms with E-state index in [1.54, 1.807) is 13.8 Å². The van der Waals surface area contributed by atoms with Crippen molar-refractivity contribution in [3.8, 4) is 0 Å². The Morgan fingerprint density at radius 1 is 1.39 bits per heavy atom. The second-order valence-corrected chi connectivity index (χ2v) is 4.68. The van der Waals surface area contributed by atoms with Crippen LogP contribution in [0.15, 0.2) is 12.4 Å². The fourth-order valence-electron chi connectivity index (χ4n) is 2.15. The molecule has 1 atom stereocenters. The summed E-state index contributed by atoms with van der Waals surface area (Å²) >= 11 is 0. The first-order valence-electron chi connectivity index (χ1n) is 5.79. The number of carbonyl (C=O) groups is 2. The third-order valence-corrected chi connectivity index (χ3v) is 3.35. The molecule has 18 heavy (non-hydrogen) atoms. The number of likely N-dealkylation sites (tertiary alicyclic amines) is 1. The van der Waals surface area contributed by atoms with Crippen LogP contribution in [0, 0.1) is 6.92 Å². The number of hydrogen-bond acceptors (Lipinski definition) is 4. The van der Waals surface area contributed by atoms with E-state index in [0.29, 0.717) is 25.1 Å². The summed E-state index contributed by atoms with van der Waals surface area (Å²) in [6.07, 6.45) is 4.04. The average molecular weight is 249 g/mol. The second-order valence-electron chi connectivity index (χ2n) is 4.68. The molecule has 1 aliphatic rings. The van der Waals surface area contributed by atoms with Crippen LogP contribution >= 0.6 is 0 Å². The monoisotopic (exact) mass is 249 g/mol.